The molecule has 0 aliphatic carbocycles. The van der Waals surface area contributed by atoms with Crippen LogP contribution in [0.3, 0.4) is 0 Å². The number of hydrogen-bond donors (Lipinski definition) is 1. The van der Waals surface area contributed by atoms with Gasteiger partial charge in [-0.15, -0.1) is 11.3 Å². The van der Waals surface area contributed by atoms with Crippen molar-refractivity contribution in [3.8, 4) is 5.75 Å². The molecule has 0 bridgehead atoms. The number of thiophene rings is 1. The van der Waals surface area contributed by atoms with Crippen LogP contribution in [0.15, 0.2) is 30.3 Å². The van der Waals surface area contributed by atoms with E-state index >= 15 is 0 Å². The molecule has 1 amide bonds. The van der Waals surface area contributed by atoms with Crippen LogP contribution < -0.4 is 15.0 Å². The molecule has 3 rings (SSSR count). The molecular formula is C18H21ClN2O3S. The average Bonchev–Trinajstić information content (AvgIpc) is 3.11. The largest absolute Gasteiger partial charge is 0.490 e. The number of carbonyl (C=O) groups excluding carboxylic acids is 1. The zero-order valence-electron chi connectivity index (χ0n) is 14.1. The molecule has 25 heavy (non-hydrogen) atoms. The quantitative estimate of drug-likeness (QED) is 0.735. The number of anilines is 2. The number of hydrogen-bond acceptors (Lipinski definition) is 5. The van der Waals surface area contributed by atoms with Crippen molar-refractivity contribution in [3.63, 3.8) is 0 Å². The maximum absolute atomic E-state index is 12.3. The van der Waals surface area contributed by atoms with Crippen molar-refractivity contribution in [2.24, 2.45) is 0 Å². The Labute approximate surface area is 156 Å². The second-order valence-corrected chi connectivity index (χ2v) is 7.06. The van der Waals surface area contributed by atoms with Gasteiger partial charge in [0.25, 0.3) is 5.91 Å². The monoisotopic (exact) mass is 380 g/mol. The molecular weight excluding hydrogens is 360 g/mol. The van der Waals surface area contributed by atoms with E-state index < -0.39 is 0 Å². The minimum absolute atomic E-state index is 0.0488. The fraction of sp³-hybridized carbons (Fsp3) is 0.389. The molecule has 0 spiro atoms. The summed E-state index contributed by atoms with van der Waals surface area (Å²) in [5.41, 5.74) is 0.935. The smallest absolute Gasteiger partial charge is 0.261 e. The fourth-order valence-corrected chi connectivity index (χ4v) is 3.75. The Balaban J connectivity index is 1.66. The summed E-state index contributed by atoms with van der Waals surface area (Å²) in [5, 5.41) is 4.60. The van der Waals surface area contributed by atoms with Gasteiger partial charge in [0.1, 0.15) is 12.4 Å². The first-order valence-corrected chi connectivity index (χ1v) is 9.54. The van der Waals surface area contributed by atoms with Gasteiger partial charge in [0.15, 0.2) is 0 Å². The zero-order valence-corrected chi connectivity index (χ0v) is 15.7. The van der Waals surface area contributed by atoms with Crippen LogP contribution in [0, 0.1) is 0 Å². The van der Waals surface area contributed by atoms with Gasteiger partial charge in [-0.05, 0) is 43.7 Å². The summed E-state index contributed by atoms with van der Waals surface area (Å²) >= 11 is 7.59. The van der Waals surface area contributed by atoms with Crippen molar-refractivity contribution in [1.29, 1.82) is 0 Å². The summed E-state index contributed by atoms with van der Waals surface area (Å²) in [6.07, 6.45) is 0.813. The third kappa shape index (κ3) is 4.45. The van der Waals surface area contributed by atoms with Gasteiger partial charge in [0.05, 0.1) is 22.1 Å². The topological polar surface area (TPSA) is 50.8 Å². The predicted molar refractivity (Wildman–Crippen MR) is 102 cm³/mol. The molecule has 134 valence electrons. The molecule has 2 heterocycles. The summed E-state index contributed by atoms with van der Waals surface area (Å²) in [6.45, 7) is 5.27. The van der Waals surface area contributed by atoms with Crippen molar-refractivity contribution < 1.29 is 14.3 Å². The molecule has 0 saturated heterocycles. The van der Waals surface area contributed by atoms with E-state index in [4.69, 9.17) is 21.1 Å². The standard InChI is InChI=1S/C18H21ClN2O3S/c1-2-23-10-3-8-20-18(22)16-6-7-17(25-16)21-9-11-24-15-5-4-13(19)12-14(15)21/h4-7,12H,2-3,8-11H2,1H3,(H,20,22). The molecule has 5 nitrogen and oxygen atoms in total. The highest BCUT2D eigenvalue weighted by Gasteiger charge is 2.22. The van der Waals surface area contributed by atoms with E-state index in [1.807, 2.05) is 37.3 Å². The van der Waals surface area contributed by atoms with Crippen LogP contribution in [-0.2, 0) is 4.74 Å². The Morgan fingerprint density at radius 2 is 2.28 bits per heavy atom. The maximum Gasteiger partial charge on any atom is 0.261 e. The average molecular weight is 381 g/mol. The molecule has 0 unspecified atom stereocenters. The lowest BCUT2D eigenvalue weighted by Gasteiger charge is -2.30. The second kappa shape index (κ2) is 8.56. The lowest BCUT2D eigenvalue weighted by atomic mass is 10.2. The van der Waals surface area contributed by atoms with Crippen molar-refractivity contribution in [1.82, 2.24) is 5.32 Å². The summed E-state index contributed by atoms with van der Waals surface area (Å²) in [5.74, 6) is 0.762. The van der Waals surface area contributed by atoms with Crippen molar-refractivity contribution in [2.45, 2.75) is 13.3 Å². The van der Waals surface area contributed by atoms with E-state index in [-0.39, 0.29) is 5.91 Å². The van der Waals surface area contributed by atoms with Gasteiger partial charge < -0.3 is 19.7 Å². The van der Waals surface area contributed by atoms with E-state index in [9.17, 15) is 4.79 Å². The molecule has 1 aromatic carbocycles. The van der Waals surface area contributed by atoms with Crippen LogP contribution >= 0.6 is 22.9 Å². The summed E-state index contributed by atoms with van der Waals surface area (Å²) in [7, 11) is 0. The second-order valence-electron chi connectivity index (χ2n) is 5.56. The van der Waals surface area contributed by atoms with E-state index in [0.717, 1.165) is 29.4 Å². The molecule has 1 aliphatic heterocycles. The first kappa shape index (κ1) is 18.0. The van der Waals surface area contributed by atoms with Crippen LogP contribution in [0.25, 0.3) is 0 Å². The first-order chi connectivity index (χ1) is 12.2. The Hall–Kier alpha value is -1.76. The number of nitrogens with zero attached hydrogens (tertiary/aromatic N) is 1. The summed E-state index contributed by atoms with van der Waals surface area (Å²) in [6, 6.07) is 9.42. The maximum atomic E-state index is 12.3. The first-order valence-electron chi connectivity index (χ1n) is 8.34. The minimum Gasteiger partial charge on any atom is -0.490 e. The number of nitrogens with one attached hydrogen (secondary N) is 1. The van der Waals surface area contributed by atoms with Crippen LogP contribution in [0.2, 0.25) is 5.02 Å². The number of benzene rings is 1. The van der Waals surface area contributed by atoms with Crippen molar-refractivity contribution >= 4 is 39.5 Å². The number of rotatable bonds is 7. The van der Waals surface area contributed by atoms with Gasteiger partial charge in [-0.25, -0.2) is 0 Å². The van der Waals surface area contributed by atoms with Crippen molar-refractivity contribution in [2.75, 3.05) is 37.8 Å². The van der Waals surface area contributed by atoms with Gasteiger partial charge in [-0.2, -0.15) is 0 Å². The van der Waals surface area contributed by atoms with E-state index in [2.05, 4.69) is 10.2 Å². The summed E-state index contributed by atoms with van der Waals surface area (Å²) in [4.78, 5) is 15.1. The molecule has 2 aromatic rings. The third-order valence-corrected chi connectivity index (χ3v) is 5.16. The van der Waals surface area contributed by atoms with Gasteiger partial charge in [-0.1, -0.05) is 11.6 Å². The summed E-state index contributed by atoms with van der Waals surface area (Å²) < 4.78 is 11.0. The molecule has 0 radical (unpaired) electrons. The lowest BCUT2D eigenvalue weighted by molar-refractivity contribution is 0.0948. The Bertz CT molecular complexity index is 735. The highest BCUT2D eigenvalue weighted by Crippen LogP contribution is 2.40. The number of halogens is 1. The highest BCUT2D eigenvalue weighted by molar-refractivity contribution is 7.18. The van der Waals surface area contributed by atoms with Gasteiger partial charge in [0, 0.05) is 24.8 Å². The highest BCUT2D eigenvalue weighted by atomic mass is 35.5. The third-order valence-electron chi connectivity index (χ3n) is 3.82. The van der Waals surface area contributed by atoms with E-state index in [1.54, 1.807) is 0 Å². The fourth-order valence-electron chi connectivity index (χ4n) is 2.62. The van der Waals surface area contributed by atoms with Gasteiger partial charge in [-0.3, -0.25) is 4.79 Å². The number of amides is 1. The zero-order chi connectivity index (χ0) is 17.6. The predicted octanol–water partition coefficient (Wildman–Crippen LogP) is 4.09. The molecule has 1 aromatic heterocycles. The Morgan fingerprint density at radius 3 is 3.12 bits per heavy atom. The van der Waals surface area contributed by atoms with Crippen molar-refractivity contribution in [3.05, 3.63) is 40.2 Å². The number of carbonyl (C=O) groups is 1. The van der Waals surface area contributed by atoms with Crippen LogP contribution in [0.1, 0.15) is 23.0 Å². The van der Waals surface area contributed by atoms with Crippen LogP contribution in [-0.4, -0.2) is 38.8 Å². The van der Waals surface area contributed by atoms with Gasteiger partial charge in [0.2, 0.25) is 0 Å². The number of ether oxygens (including phenoxy) is 2. The van der Waals surface area contributed by atoms with Gasteiger partial charge >= 0.3 is 0 Å². The molecule has 0 atom stereocenters. The minimum atomic E-state index is -0.0488. The Morgan fingerprint density at radius 1 is 1.40 bits per heavy atom. The van der Waals surface area contributed by atoms with Crippen LogP contribution in [0.5, 0.6) is 5.75 Å². The Kier molecular flexibility index (Phi) is 6.18. The normalized spacial score (nSPS) is 13.3. The molecule has 0 saturated carbocycles. The molecule has 1 aliphatic rings. The molecule has 7 heteroatoms. The SMILES string of the molecule is CCOCCCNC(=O)c1ccc(N2CCOc3ccc(Cl)cc32)s1. The molecule has 1 N–H and O–H groups in total. The lowest BCUT2D eigenvalue weighted by Crippen LogP contribution is -2.28. The van der Waals surface area contributed by atoms with E-state index in [0.29, 0.717) is 36.3 Å². The molecule has 0 fully saturated rings. The van der Waals surface area contributed by atoms with E-state index in [1.165, 1.54) is 11.3 Å². The van der Waals surface area contributed by atoms with Crippen LogP contribution in [0.4, 0.5) is 10.7 Å². The number of fused-ring (bicyclic) bond motifs is 1.